The molecule has 224 valence electrons. The summed E-state index contributed by atoms with van der Waals surface area (Å²) in [7, 11) is 0. The second kappa shape index (κ2) is 10.7. The van der Waals surface area contributed by atoms with Gasteiger partial charge in [0.1, 0.15) is 17.5 Å². The normalized spacial score (nSPS) is 11.6. The van der Waals surface area contributed by atoms with Gasteiger partial charge in [0, 0.05) is 11.1 Å². The second-order valence-electron chi connectivity index (χ2n) is 11.8. The zero-order valence-electron chi connectivity index (χ0n) is 26.0. The number of hydrogen-bond acceptors (Lipinski definition) is 3. The lowest BCUT2D eigenvalue weighted by atomic mass is 10.0. The van der Waals surface area contributed by atoms with Crippen LogP contribution >= 0.6 is 0 Å². The third-order valence-electron chi connectivity index (χ3n) is 8.92. The van der Waals surface area contributed by atoms with Crippen LogP contribution in [0.5, 0.6) is 0 Å². The van der Waals surface area contributed by atoms with Crippen molar-refractivity contribution in [3.63, 3.8) is 0 Å². The Morgan fingerprint density at radius 3 is 1.47 bits per heavy atom. The summed E-state index contributed by atoms with van der Waals surface area (Å²) >= 11 is 0. The summed E-state index contributed by atoms with van der Waals surface area (Å²) in [5.41, 5.74) is 12.5. The Morgan fingerprint density at radius 2 is 0.872 bits per heavy atom. The lowest BCUT2D eigenvalue weighted by Gasteiger charge is -2.18. The molecule has 6 heteroatoms. The van der Waals surface area contributed by atoms with E-state index >= 15 is 0 Å². The molecule has 9 aromatic rings. The molecular formula is C41H30N6. The monoisotopic (exact) mass is 606 g/mol. The molecule has 47 heavy (non-hydrogen) atoms. The van der Waals surface area contributed by atoms with E-state index in [-0.39, 0.29) is 0 Å². The van der Waals surface area contributed by atoms with Crippen LogP contribution < -0.4 is 0 Å². The van der Waals surface area contributed by atoms with Gasteiger partial charge in [-0.25, -0.2) is 15.0 Å². The highest BCUT2D eigenvalue weighted by atomic mass is 15.1. The second-order valence-corrected chi connectivity index (χ2v) is 11.8. The van der Waals surface area contributed by atoms with Gasteiger partial charge < -0.3 is 0 Å². The van der Waals surface area contributed by atoms with Crippen molar-refractivity contribution in [1.29, 1.82) is 0 Å². The molecule has 0 fully saturated rings. The molecule has 0 aliphatic rings. The third-order valence-corrected chi connectivity index (χ3v) is 8.92. The van der Waals surface area contributed by atoms with E-state index in [0.29, 0.717) is 0 Å². The minimum absolute atomic E-state index is 0.906. The number of aryl methyl sites for hydroxylation is 2. The van der Waals surface area contributed by atoms with Crippen molar-refractivity contribution in [2.24, 2.45) is 0 Å². The van der Waals surface area contributed by atoms with Gasteiger partial charge in [0.05, 0.1) is 50.2 Å². The van der Waals surface area contributed by atoms with E-state index in [2.05, 4.69) is 149 Å². The number of hydrogen-bond donors (Lipinski definition) is 0. The Balaban J connectivity index is 1.35. The van der Waals surface area contributed by atoms with Crippen LogP contribution in [0.25, 0.3) is 72.7 Å². The Hall–Kier alpha value is -6.27. The molecular weight excluding hydrogens is 576 g/mol. The van der Waals surface area contributed by atoms with E-state index in [9.17, 15) is 0 Å². The predicted molar refractivity (Wildman–Crippen MR) is 191 cm³/mol. The number of aromatic nitrogens is 6. The molecule has 0 radical (unpaired) electrons. The van der Waals surface area contributed by atoms with Crippen LogP contribution in [0.3, 0.4) is 0 Å². The summed E-state index contributed by atoms with van der Waals surface area (Å²) in [6.07, 6.45) is 0. The average Bonchev–Trinajstić information content (AvgIpc) is 3.78. The fraction of sp³-hybridized carbons (Fsp3) is 0.0488. The first-order chi connectivity index (χ1) is 23.1. The molecule has 0 amide bonds. The lowest BCUT2D eigenvalue weighted by Crippen LogP contribution is -2.04. The number of fused-ring (bicyclic) bond motifs is 3. The minimum atomic E-state index is 0.906. The van der Waals surface area contributed by atoms with Crippen LogP contribution in [0.2, 0.25) is 0 Å². The number of rotatable bonds is 5. The van der Waals surface area contributed by atoms with Gasteiger partial charge in [-0.2, -0.15) is 0 Å². The van der Waals surface area contributed by atoms with Gasteiger partial charge in [0.2, 0.25) is 0 Å². The van der Waals surface area contributed by atoms with Gasteiger partial charge in [-0.3, -0.25) is 13.7 Å². The molecule has 3 aromatic heterocycles. The van der Waals surface area contributed by atoms with Crippen molar-refractivity contribution < 1.29 is 0 Å². The quantitative estimate of drug-likeness (QED) is 0.196. The molecule has 6 aromatic carbocycles. The number of nitrogens with zero attached hydrogens (tertiary/aromatic N) is 6. The minimum Gasteiger partial charge on any atom is -0.296 e. The van der Waals surface area contributed by atoms with Crippen LogP contribution in [0.15, 0.2) is 146 Å². The van der Waals surface area contributed by atoms with E-state index in [1.165, 1.54) is 0 Å². The number of para-hydroxylation sites is 7. The molecule has 0 aliphatic carbocycles. The largest absolute Gasteiger partial charge is 0.296 e. The lowest BCUT2D eigenvalue weighted by molar-refractivity contribution is 0.975. The molecule has 6 nitrogen and oxygen atoms in total. The summed E-state index contributed by atoms with van der Waals surface area (Å²) in [6, 6.07) is 50.8. The number of benzene rings is 6. The Morgan fingerprint density at radius 1 is 0.404 bits per heavy atom. The molecule has 0 spiro atoms. The van der Waals surface area contributed by atoms with E-state index < -0.39 is 0 Å². The average molecular weight is 607 g/mol. The van der Waals surface area contributed by atoms with Crippen molar-refractivity contribution >= 4 is 33.1 Å². The van der Waals surface area contributed by atoms with Gasteiger partial charge in [-0.15, -0.1) is 0 Å². The van der Waals surface area contributed by atoms with Gasteiger partial charge in [-0.1, -0.05) is 84.9 Å². The highest BCUT2D eigenvalue weighted by Gasteiger charge is 2.20. The summed E-state index contributed by atoms with van der Waals surface area (Å²) in [5.74, 6) is 2.77. The van der Waals surface area contributed by atoms with Crippen LogP contribution in [-0.2, 0) is 0 Å². The molecule has 0 saturated heterocycles. The smallest absolute Gasteiger partial charge is 0.145 e. The fourth-order valence-corrected chi connectivity index (χ4v) is 6.92. The Kier molecular flexibility index (Phi) is 6.15. The summed E-state index contributed by atoms with van der Waals surface area (Å²) < 4.78 is 6.80. The maximum absolute atomic E-state index is 5.14. The molecule has 0 N–H and O–H groups in total. The van der Waals surface area contributed by atoms with Crippen LogP contribution in [0.4, 0.5) is 0 Å². The first-order valence-corrected chi connectivity index (χ1v) is 15.8. The van der Waals surface area contributed by atoms with Crippen molar-refractivity contribution in [2.75, 3.05) is 0 Å². The van der Waals surface area contributed by atoms with Crippen LogP contribution in [0, 0.1) is 13.8 Å². The SMILES string of the molecule is Cc1nc2ccccc2n1-c1cc(-c2ccccc2-n2c(-c3ccccc3)nc3ccccc32)cc(-n2c(C)nc3ccccc32)c1. The standard InChI is InChI=1S/C41H30N6/c1-27-42-34-17-7-11-21-38(34)45(27)31-24-30(25-32(26-31)46-28(2)43-35-18-8-12-22-39(35)46)33-16-6-10-20-37(33)47-40-23-13-9-19-36(40)44-41(47)29-14-4-3-5-15-29/h3-26H,1-2H3. The molecule has 3 heterocycles. The summed E-state index contributed by atoms with van der Waals surface area (Å²) in [6.45, 7) is 4.14. The van der Waals surface area contributed by atoms with Crippen LogP contribution in [0.1, 0.15) is 11.6 Å². The van der Waals surface area contributed by atoms with Crippen molar-refractivity contribution in [1.82, 2.24) is 28.7 Å². The molecule has 0 aliphatic heterocycles. The predicted octanol–water partition coefficient (Wildman–Crippen LogP) is 9.65. The van der Waals surface area contributed by atoms with Crippen LogP contribution in [-0.4, -0.2) is 28.7 Å². The molecule has 0 unspecified atom stereocenters. The van der Waals surface area contributed by atoms with E-state index in [4.69, 9.17) is 15.0 Å². The highest BCUT2D eigenvalue weighted by molar-refractivity contribution is 5.88. The maximum atomic E-state index is 5.14. The van der Waals surface area contributed by atoms with Gasteiger partial charge in [-0.05, 0) is 80.1 Å². The molecule has 0 saturated carbocycles. The first kappa shape index (κ1) is 27.1. The first-order valence-electron chi connectivity index (χ1n) is 15.8. The van der Waals surface area contributed by atoms with E-state index in [1.807, 2.05) is 24.3 Å². The van der Waals surface area contributed by atoms with E-state index in [0.717, 1.165) is 84.3 Å². The van der Waals surface area contributed by atoms with Crippen molar-refractivity contribution in [2.45, 2.75) is 13.8 Å². The summed E-state index contributed by atoms with van der Waals surface area (Å²) in [5, 5.41) is 0. The van der Waals surface area contributed by atoms with Gasteiger partial charge in [0.15, 0.2) is 0 Å². The highest BCUT2D eigenvalue weighted by Crippen LogP contribution is 2.37. The van der Waals surface area contributed by atoms with Gasteiger partial charge >= 0.3 is 0 Å². The topological polar surface area (TPSA) is 53.5 Å². The Bertz CT molecular complexity index is 2510. The zero-order valence-corrected chi connectivity index (χ0v) is 26.0. The van der Waals surface area contributed by atoms with E-state index in [1.54, 1.807) is 0 Å². The van der Waals surface area contributed by atoms with Crippen molar-refractivity contribution in [3.05, 3.63) is 157 Å². The summed E-state index contributed by atoms with van der Waals surface area (Å²) in [4.78, 5) is 15.0. The fourth-order valence-electron chi connectivity index (χ4n) is 6.92. The number of imidazole rings is 3. The molecule has 0 bridgehead atoms. The Labute approximate surface area is 271 Å². The third kappa shape index (κ3) is 4.37. The molecule has 9 rings (SSSR count). The van der Waals surface area contributed by atoms with Crippen molar-refractivity contribution in [3.8, 4) is 39.6 Å². The van der Waals surface area contributed by atoms with Gasteiger partial charge in [0.25, 0.3) is 0 Å². The maximum Gasteiger partial charge on any atom is 0.145 e. The molecule has 0 atom stereocenters. The zero-order chi connectivity index (χ0) is 31.5.